The summed E-state index contributed by atoms with van der Waals surface area (Å²) in [7, 11) is 0. The van der Waals surface area contributed by atoms with Crippen LogP contribution in [0.25, 0.3) is 0 Å². The van der Waals surface area contributed by atoms with Crippen LogP contribution in [0, 0.1) is 5.41 Å². The number of benzene rings is 1. The van der Waals surface area contributed by atoms with Gasteiger partial charge in [-0.1, -0.05) is 35.5 Å². The Kier molecular flexibility index (Phi) is 3.64. The summed E-state index contributed by atoms with van der Waals surface area (Å²) < 4.78 is 5.70. The van der Waals surface area contributed by atoms with Crippen LogP contribution in [0.4, 0.5) is 0 Å². The van der Waals surface area contributed by atoms with Crippen LogP contribution in [0.15, 0.2) is 35.5 Å². The minimum atomic E-state index is 0.116. The maximum atomic E-state index is 8.55. The molecule has 0 unspecified atom stereocenters. The maximum absolute atomic E-state index is 8.55. The van der Waals surface area contributed by atoms with Crippen LogP contribution >= 0.6 is 0 Å². The fraction of sp³-hybridized carbons (Fsp3) is 0.462. The van der Waals surface area contributed by atoms with E-state index < -0.39 is 0 Å². The Morgan fingerprint density at radius 3 is 2.65 bits per heavy atom. The summed E-state index contributed by atoms with van der Waals surface area (Å²) in [5.41, 5.74) is 6.82. The molecule has 0 amide bonds. The van der Waals surface area contributed by atoms with Crippen LogP contribution in [-0.4, -0.2) is 17.6 Å². The lowest BCUT2D eigenvalue weighted by Crippen LogP contribution is -2.21. The second-order valence-electron chi connectivity index (χ2n) is 4.75. The molecule has 1 aromatic carbocycles. The number of nitrogens with two attached hydrogens (primary N) is 1. The van der Waals surface area contributed by atoms with Crippen molar-refractivity contribution >= 4 is 5.84 Å². The SMILES string of the molecule is N/C(CC1(COCc2ccccc2)CC1)=N/O. The lowest BCUT2D eigenvalue weighted by atomic mass is 10.0. The van der Waals surface area contributed by atoms with E-state index in [-0.39, 0.29) is 5.41 Å². The molecule has 0 aromatic heterocycles. The van der Waals surface area contributed by atoms with E-state index in [1.54, 1.807) is 0 Å². The van der Waals surface area contributed by atoms with E-state index in [0.717, 1.165) is 12.8 Å². The summed E-state index contributed by atoms with van der Waals surface area (Å²) in [5, 5.41) is 11.6. The molecular weight excluding hydrogens is 216 g/mol. The highest BCUT2D eigenvalue weighted by Gasteiger charge is 2.43. The van der Waals surface area contributed by atoms with Crippen molar-refractivity contribution in [1.82, 2.24) is 0 Å². The Morgan fingerprint density at radius 1 is 1.35 bits per heavy atom. The number of hydrogen-bond acceptors (Lipinski definition) is 3. The third kappa shape index (κ3) is 3.46. The highest BCUT2D eigenvalue weighted by molar-refractivity contribution is 5.80. The van der Waals surface area contributed by atoms with E-state index in [0.29, 0.717) is 25.5 Å². The van der Waals surface area contributed by atoms with E-state index in [9.17, 15) is 0 Å². The Morgan fingerprint density at radius 2 is 2.06 bits per heavy atom. The van der Waals surface area contributed by atoms with Gasteiger partial charge in [-0.15, -0.1) is 0 Å². The summed E-state index contributed by atoms with van der Waals surface area (Å²) in [6.45, 7) is 1.30. The molecule has 2 rings (SSSR count). The lowest BCUT2D eigenvalue weighted by Gasteiger charge is -2.14. The van der Waals surface area contributed by atoms with E-state index in [4.69, 9.17) is 15.7 Å². The Hall–Kier alpha value is -1.55. The zero-order chi connectivity index (χ0) is 12.1. The predicted molar refractivity (Wildman–Crippen MR) is 65.8 cm³/mol. The molecule has 0 saturated heterocycles. The van der Waals surface area contributed by atoms with E-state index in [1.807, 2.05) is 30.3 Å². The predicted octanol–water partition coefficient (Wildman–Crippen LogP) is 2.12. The summed E-state index contributed by atoms with van der Waals surface area (Å²) in [5.74, 6) is 0.297. The van der Waals surface area contributed by atoms with Crippen molar-refractivity contribution in [3.8, 4) is 0 Å². The van der Waals surface area contributed by atoms with Crippen LogP contribution in [0.5, 0.6) is 0 Å². The Labute approximate surface area is 101 Å². The van der Waals surface area contributed by atoms with Crippen LogP contribution in [0.2, 0.25) is 0 Å². The van der Waals surface area contributed by atoms with Gasteiger partial charge in [0.25, 0.3) is 0 Å². The monoisotopic (exact) mass is 234 g/mol. The summed E-state index contributed by atoms with van der Waals surface area (Å²) in [6, 6.07) is 10.1. The molecule has 1 aliphatic rings. The number of ether oxygens (including phenoxy) is 1. The lowest BCUT2D eigenvalue weighted by molar-refractivity contribution is 0.0800. The molecule has 4 heteroatoms. The third-order valence-corrected chi connectivity index (χ3v) is 3.16. The smallest absolute Gasteiger partial charge is 0.139 e. The fourth-order valence-corrected chi connectivity index (χ4v) is 1.93. The molecule has 0 spiro atoms. The molecule has 1 aromatic rings. The minimum Gasteiger partial charge on any atom is -0.409 e. The largest absolute Gasteiger partial charge is 0.409 e. The van der Waals surface area contributed by atoms with Crippen LogP contribution in [-0.2, 0) is 11.3 Å². The molecule has 92 valence electrons. The first-order chi connectivity index (χ1) is 8.24. The minimum absolute atomic E-state index is 0.116. The molecule has 0 radical (unpaired) electrons. The highest BCUT2D eigenvalue weighted by Crippen LogP contribution is 2.49. The van der Waals surface area contributed by atoms with E-state index in [1.165, 1.54) is 5.56 Å². The number of hydrogen-bond donors (Lipinski definition) is 2. The molecule has 1 fully saturated rings. The number of nitrogens with zero attached hydrogens (tertiary/aromatic N) is 1. The molecule has 0 aliphatic heterocycles. The summed E-state index contributed by atoms with van der Waals surface area (Å²) in [4.78, 5) is 0. The van der Waals surface area contributed by atoms with Crippen molar-refractivity contribution in [2.45, 2.75) is 25.9 Å². The van der Waals surface area contributed by atoms with Crippen molar-refractivity contribution in [1.29, 1.82) is 0 Å². The first-order valence-electron chi connectivity index (χ1n) is 5.82. The van der Waals surface area contributed by atoms with Gasteiger partial charge >= 0.3 is 0 Å². The van der Waals surface area contributed by atoms with Gasteiger partial charge in [0.05, 0.1) is 13.2 Å². The van der Waals surface area contributed by atoms with Gasteiger partial charge < -0.3 is 15.7 Å². The second kappa shape index (κ2) is 5.19. The Bertz CT molecular complexity index is 386. The normalized spacial score (nSPS) is 18.0. The van der Waals surface area contributed by atoms with Crippen molar-refractivity contribution in [2.75, 3.05) is 6.61 Å². The molecule has 1 saturated carbocycles. The number of rotatable bonds is 6. The molecule has 0 bridgehead atoms. The summed E-state index contributed by atoms with van der Waals surface area (Å²) in [6.07, 6.45) is 2.81. The molecule has 1 aliphatic carbocycles. The van der Waals surface area contributed by atoms with Gasteiger partial charge in [-0.2, -0.15) is 0 Å². The summed E-state index contributed by atoms with van der Waals surface area (Å²) >= 11 is 0. The van der Waals surface area contributed by atoms with Crippen molar-refractivity contribution in [3.05, 3.63) is 35.9 Å². The molecule has 3 N–H and O–H groups in total. The van der Waals surface area contributed by atoms with Gasteiger partial charge in [-0.3, -0.25) is 0 Å². The van der Waals surface area contributed by atoms with Gasteiger partial charge in [-0.05, 0) is 18.4 Å². The Balaban J connectivity index is 1.75. The van der Waals surface area contributed by atoms with Gasteiger partial charge in [0.1, 0.15) is 5.84 Å². The second-order valence-corrected chi connectivity index (χ2v) is 4.75. The molecular formula is C13H18N2O2. The van der Waals surface area contributed by atoms with Crippen molar-refractivity contribution < 1.29 is 9.94 Å². The van der Waals surface area contributed by atoms with Crippen molar-refractivity contribution in [2.24, 2.45) is 16.3 Å². The molecule has 17 heavy (non-hydrogen) atoms. The number of oxime groups is 1. The van der Waals surface area contributed by atoms with Crippen molar-refractivity contribution in [3.63, 3.8) is 0 Å². The van der Waals surface area contributed by atoms with Crippen LogP contribution < -0.4 is 5.73 Å². The number of amidine groups is 1. The third-order valence-electron chi connectivity index (χ3n) is 3.16. The first kappa shape index (κ1) is 11.9. The van der Waals surface area contributed by atoms with Gasteiger partial charge in [-0.25, -0.2) is 0 Å². The van der Waals surface area contributed by atoms with Crippen LogP contribution in [0.3, 0.4) is 0 Å². The zero-order valence-electron chi connectivity index (χ0n) is 9.80. The topological polar surface area (TPSA) is 67.8 Å². The van der Waals surface area contributed by atoms with Gasteiger partial charge in [0.15, 0.2) is 0 Å². The fourth-order valence-electron chi connectivity index (χ4n) is 1.93. The average Bonchev–Trinajstić information content (AvgIpc) is 3.10. The van der Waals surface area contributed by atoms with Crippen LogP contribution in [0.1, 0.15) is 24.8 Å². The molecule has 0 atom stereocenters. The molecule has 4 nitrogen and oxygen atoms in total. The van der Waals surface area contributed by atoms with Gasteiger partial charge in [0.2, 0.25) is 0 Å². The maximum Gasteiger partial charge on any atom is 0.139 e. The quantitative estimate of drug-likeness (QED) is 0.343. The average molecular weight is 234 g/mol. The zero-order valence-corrected chi connectivity index (χ0v) is 9.80. The van der Waals surface area contributed by atoms with Gasteiger partial charge in [0, 0.05) is 11.8 Å². The molecule has 0 heterocycles. The van der Waals surface area contributed by atoms with E-state index in [2.05, 4.69) is 5.16 Å². The highest BCUT2D eigenvalue weighted by atomic mass is 16.5. The van der Waals surface area contributed by atoms with E-state index >= 15 is 0 Å². The standard InChI is InChI=1S/C13H18N2O2/c14-12(15-16)8-13(6-7-13)10-17-9-11-4-2-1-3-5-11/h1-5,16H,6-10H2,(H2,14,15). The first-order valence-corrected chi connectivity index (χ1v) is 5.82.